The van der Waals surface area contributed by atoms with Gasteiger partial charge >= 0.3 is 0 Å². The molecular formula is C14H17ClN2O2S. The molecule has 0 N–H and O–H groups in total. The molecule has 0 saturated carbocycles. The van der Waals surface area contributed by atoms with Crippen molar-refractivity contribution in [2.45, 2.75) is 13.0 Å². The van der Waals surface area contributed by atoms with Gasteiger partial charge in [-0.2, -0.15) is 0 Å². The molecule has 6 heteroatoms. The van der Waals surface area contributed by atoms with E-state index in [1.807, 2.05) is 26.1 Å². The Morgan fingerprint density at radius 2 is 2.30 bits per heavy atom. The van der Waals surface area contributed by atoms with Crippen molar-refractivity contribution in [3.05, 3.63) is 22.7 Å². The normalized spacial score (nSPS) is 19.4. The summed E-state index contributed by atoms with van der Waals surface area (Å²) in [5, 5.41) is 1.75. The number of hydrogen-bond acceptors (Lipinski definition) is 5. The van der Waals surface area contributed by atoms with Crippen molar-refractivity contribution in [3.63, 3.8) is 0 Å². The second kappa shape index (κ2) is 5.85. The lowest BCUT2D eigenvalue weighted by Crippen LogP contribution is -2.38. The van der Waals surface area contributed by atoms with Gasteiger partial charge in [-0.25, -0.2) is 4.98 Å². The van der Waals surface area contributed by atoms with Crippen molar-refractivity contribution < 1.29 is 9.47 Å². The number of hydrogen-bond donors (Lipinski definition) is 0. The summed E-state index contributed by atoms with van der Waals surface area (Å²) in [4.78, 5) is 6.82. The summed E-state index contributed by atoms with van der Waals surface area (Å²) in [5.41, 5.74) is 2.03. The van der Waals surface area contributed by atoms with Crippen LogP contribution < -0.4 is 4.90 Å². The molecule has 1 atom stereocenters. The SMILES string of the molecule is Cc1c(Cl)ccc2sc(N(C)CC3COCCO3)nc12. The molecule has 1 unspecified atom stereocenters. The highest BCUT2D eigenvalue weighted by molar-refractivity contribution is 7.22. The minimum absolute atomic E-state index is 0.116. The average Bonchev–Trinajstić information content (AvgIpc) is 2.89. The lowest BCUT2D eigenvalue weighted by molar-refractivity contribution is -0.0837. The molecule has 1 aliphatic rings. The lowest BCUT2D eigenvalue weighted by Gasteiger charge is -2.27. The summed E-state index contributed by atoms with van der Waals surface area (Å²) in [7, 11) is 2.03. The van der Waals surface area contributed by atoms with Gasteiger partial charge in [0.15, 0.2) is 5.13 Å². The number of likely N-dealkylation sites (N-methyl/N-ethyl adjacent to an activating group) is 1. The minimum Gasteiger partial charge on any atom is -0.376 e. The summed E-state index contributed by atoms with van der Waals surface area (Å²) >= 11 is 7.82. The lowest BCUT2D eigenvalue weighted by atomic mass is 10.2. The van der Waals surface area contributed by atoms with E-state index in [0.717, 1.165) is 32.5 Å². The fraction of sp³-hybridized carbons (Fsp3) is 0.500. The molecule has 108 valence electrons. The average molecular weight is 313 g/mol. The Morgan fingerprint density at radius 3 is 3.05 bits per heavy atom. The highest BCUT2D eigenvalue weighted by atomic mass is 35.5. The summed E-state index contributed by atoms with van der Waals surface area (Å²) < 4.78 is 12.3. The molecule has 4 nitrogen and oxygen atoms in total. The first-order valence-corrected chi connectivity index (χ1v) is 7.80. The number of halogens is 1. The van der Waals surface area contributed by atoms with Gasteiger partial charge in [0.1, 0.15) is 0 Å². The molecule has 3 rings (SSSR count). The first kappa shape index (κ1) is 14.1. The molecule has 1 aromatic heterocycles. The number of benzene rings is 1. The Hall–Kier alpha value is -0.880. The number of anilines is 1. The van der Waals surface area contributed by atoms with Gasteiger partial charge in [0.05, 0.1) is 36.1 Å². The Morgan fingerprint density at radius 1 is 1.45 bits per heavy atom. The smallest absolute Gasteiger partial charge is 0.186 e. The molecule has 0 radical (unpaired) electrons. The van der Waals surface area contributed by atoms with E-state index >= 15 is 0 Å². The number of fused-ring (bicyclic) bond motifs is 1. The highest BCUT2D eigenvalue weighted by Gasteiger charge is 2.19. The molecule has 1 saturated heterocycles. The molecule has 2 heterocycles. The zero-order chi connectivity index (χ0) is 14.1. The molecule has 0 spiro atoms. The second-order valence-electron chi connectivity index (χ2n) is 4.96. The topological polar surface area (TPSA) is 34.6 Å². The molecule has 20 heavy (non-hydrogen) atoms. The van der Waals surface area contributed by atoms with E-state index in [9.17, 15) is 0 Å². The van der Waals surface area contributed by atoms with Gasteiger partial charge in [-0.15, -0.1) is 0 Å². The quantitative estimate of drug-likeness (QED) is 0.872. The maximum absolute atomic E-state index is 6.15. The van der Waals surface area contributed by atoms with Crippen LogP contribution in [-0.4, -0.2) is 44.5 Å². The van der Waals surface area contributed by atoms with Crippen LogP contribution in [0, 0.1) is 6.92 Å². The third kappa shape index (κ3) is 2.76. The van der Waals surface area contributed by atoms with Crippen molar-refractivity contribution in [2.75, 3.05) is 38.3 Å². The van der Waals surface area contributed by atoms with Crippen LogP contribution in [0.5, 0.6) is 0 Å². The Kier molecular flexibility index (Phi) is 4.12. The number of aryl methyl sites for hydroxylation is 1. The first-order valence-electron chi connectivity index (χ1n) is 6.61. The van der Waals surface area contributed by atoms with Crippen molar-refractivity contribution >= 4 is 38.3 Å². The van der Waals surface area contributed by atoms with Crippen molar-refractivity contribution in [1.82, 2.24) is 4.98 Å². The van der Waals surface area contributed by atoms with Crippen LogP contribution >= 0.6 is 22.9 Å². The maximum atomic E-state index is 6.15. The number of thiazole rings is 1. The summed E-state index contributed by atoms with van der Waals surface area (Å²) in [6.07, 6.45) is 0.116. The van der Waals surface area contributed by atoms with E-state index in [1.54, 1.807) is 11.3 Å². The third-order valence-electron chi connectivity index (χ3n) is 3.43. The van der Waals surface area contributed by atoms with Crippen LogP contribution in [0.1, 0.15) is 5.56 Å². The Bertz CT molecular complexity index is 610. The molecule has 0 bridgehead atoms. The van der Waals surface area contributed by atoms with Gasteiger partial charge in [0.25, 0.3) is 0 Å². The zero-order valence-corrected chi connectivity index (χ0v) is 13.1. The van der Waals surface area contributed by atoms with E-state index in [4.69, 9.17) is 26.1 Å². The molecule has 2 aromatic rings. The van der Waals surface area contributed by atoms with Crippen molar-refractivity contribution in [3.8, 4) is 0 Å². The maximum Gasteiger partial charge on any atom is 0.186 e. The van der Waals surface area contributed by atoms with Crippen molar-refractivity contribution in [1.29, 1.82) is 0 Å². The molecule has 1 fully saturated rings. The van der Waals surface area contributed by atoms with Gasteiger partial charge in [0.2, 0.25) is 0 Å². The third-order valence-corrected chi connectivity index (χ3v) is 4.97. The monoisotopic (exact) mass is 312 g/mol. The van der Waals surface area contributed by atoms with E-state index in [1.165, 1.54) is 0 Å². The van der Waals surface area contributed by atoms with Crippen LogP contribution in [0.2, 0.25) is 5.02 Å². The minimum atomic E-state index is 0.116. The van der Waals surface area contributed by atoms with Gasteiger partial charge in [-0.1, -0.05) is 22.9 Å². The molecule has 0 aliphatic carbocycles. The van der Waals surface area contributed by atoms with Crippen molar-refractivity contribution in [2.24, 2.45) is 0 Å². The van der Waals surface area contributed by atoms with E-state index in [2.05, 4.69) is 4.90 Å². The first-order chi connectivity index (χ1) is 9.65. The highest BCUT2D eigenvalue weighted by Crippen LogP contribution is 2.33. The number of ether oxygens (including phenoxy) is 2. The predicted molar refractivity (Wildman–Crippen MR) is 83.2 cm³/mol. The van der Waals surface area contributed by atoms with Crippen LogP contribution in [0.4, 0.5) is 5.13 Å². The summed E-state index contributed by atoms with van der Waals surface area (Å²) in [6, 6.07) is 3.96. The summed E-state index contributed by atoms with van der Waals surface area (Å²) in [6.45, 7) is 4.81. The van der Waals surface area contributed by atoms with E-state index < -0.39 is 0 Å². The predicted octanol–water partition coefficient (Wildman–Crippen LogP) is 3.11. The van der Waals surface area contributed by atoms with Gasteiger partial charge < -0.3 is 14.4 Å². The Labute approximate surface area is 127 Å². The standard InChI is InChI=1S/C14H17ClN2O2S/c1-9-11(15)3-4-12-13(9)16-14(20-12)17(2)7-10-8-18-5-6-19-10/h3-4,10H,5-8H2,1-2H3. The van der Waals surface area contributed by atoms with Crippen LogP contribution in [-0.2, 0) is 9.47 Å². The largest absolute Gasteiger partial charge is 0.376 e. The van der Waals surface area contributed by atoms with Crippen LogP contribution in [0.15, 0.2) is 12.1 Å². The van der Waals surface area contributed by atoms with E-state index in [-0.39, 0.29) is 6.10 Å². The molecule has 1 aliphatic heterocycles. The van der Waals surface area contributed by atoms with E-state index in [0.29, 0.717) is 19.8 Å². The Balaban J connectivity index is 1.80. The number of nitrogens with zero attached hydrogens (tertiary/aromatic N) is 2. The van der Waals surface area contributed by atoms with Gasteiger partial charge in [-0.3, -0.25) is 0 Å². The summed E-state index contributed by atoms with van der Waals surface area (Å²) in [5.74, 6) is 0. The second-order valence-corrected chi connectivity index (χ2v) is 6.38. The zero-order valence-electron chi connectivity index (χ0n) is 11.6. The van der Waals surface area contributed by atoms with Crippen LogP contribution in [0.3, 0.4) is 0 Å². The van der Waals surface area contributed by atoms with Gasteiger partial charge in [0, 0.05) is 18.6 Å². The number of aromatic nitrogens is 1. The number of rotatable bonds is 3. The molecular weight excluding hydrogens is 296 g/mol. The fourth-order valence-corrected chi connectivity index (χ4v) is 3.43. The molecule has 0 amide bonds. The van der Waals surface area contributed by atoms with Crippen LogP contribution in [0.25, 0.3) is 10.2 Å². The van der Waals surface area contributed by atoms with Gasteiger partial charge in [-0.05, 0) is 24.6 Å². The fourth-order valence-electron chi connectivity index (χ4n) is 2.28. The molecule has 1 aromatic carbocycles.